The molecule has 0 aliphatic carbocycles. The van der Waals surface area contributed by atoms with Gasteiger partial charge in [-0.1, -0.05) is 0 Å². The molecule has 0 saturated carbocycles. The van der Waals surface area contributed by atoms with E-state index < -0.39 is 0 Å². The van der Waals surface area contributed by atoms with E-state index in [1.807, 2.05) is 20.8 Å². The summed E-state index contributed by atoms with van der Waals surface area (Å²) in [5.41, 5.74) is -0.389. The molecule has 0 spiro atoms. The largest absolute Gasteiger partial charge is 0.444 e. The molecule has 0 aromatic carbocycles. The number of hydrogen-bond donors (Lipinski definition) is 2. The molecule has 4 heteroatoms. The van der Waals surface area contributed by atoms with Crippen LogP contribution in [0.5, 0.6) is 0 Å². The van der Waals surface area contributed by atoms with Gasteiger partial charge in [-0.2, -0.15) is 0 Å². The molecule has 1 aliphatic heterocycles. The molecule has 1 saturated heterocycles. The highest BCUT2D eigenvalue weighted by Crippen LogP contribution is 2.05. The van der Waals surface area contributed by atoms with E-state index in [4.69, 9.17) is 4.74 Å². The second kappa shape index (κ2) is 6.65. The highest BCUT2D eigenvalue weighted by atomic mass is 16.6. The van der Waals surface area contributed by atoms with Crippen molar-refractivity contribution in [1.29, 1.82) is 0 Å². The number of carbonyl (C=O) groups excluding carboxylic acids is 1. The van der Waals surface area contributed by atoms with Gasteiger partial charge in [0, 0.05) is 7.05 Å². The van der Waals surface area contributed by atoms with Crippen molar-refractivity contribution >= 4 is 6.09 Å². The highest BCUT2D eigenvalue weighted by molar-refractivity contribution is 5.67. The summed E-state index contributed by atoms with van der Waals surface area (Å²) in [4.78, 5) is 10.5. The third kappa shape index (κ3) is 9.32. The number of rotatable bonds is 0. The highest BCUT2D eigenvalue weighted by Gasteiger charge is 2.13. The minimum Gasteiger partial charge on any atom is -0.444 e. The van der Waals surface area contributed by atoms with E-state index in [-0.39, 0.29) is 11.7 Å². The van der Waals surface area contributed by atoms with E-state index in [1.165, 1.54) is 33.0 Å². The zero-order valence-corrected chi connectivity index (χ0v) is 9.64. The van der Waals surface area contributed by atoms with Crippen LogP contribution in [0.2, 0.25) is 0 Å². The predicted octanol–water partition coefficient (Wildman–Crippen LogP) is 1.51. The number of amides is 1. The maximum atomic E-state index is 10.5. The van der Waals surface area contributed by atoms with Gasteiger partial charge in [0.2, 0.25) is 0 Å². The quantitative estimate of drug-likeness (QED) is 0.626. The Morgan fingerprint density at radius 1 is 1.29 bits per heavy atom. The monoisotopic (exact) mass is 202 g/mol. The average molecular weight is 202 g/mol. The van der Waals surface area contributed by atoms with Gasteiger partial charge >= 0.3 is 6.09 Å². The zero-order valence-electron chi connectivity index (χ0n) is 9.64. The first kappa shape index (κ1) is 13.2. The molecule has 14 heavy (non-hydrogen) atoms. The van der Waals surface area contributed by atoms with Gasteiger partial charge in [-0.05, 0) is 46.7 Å². The SMILES string of the molecule is C1CCNC1.CNC(=O)OC(C)(C)C. The molecule has 0 atom stereocenters. The number of hydrogen-bond acceptors (Lipinski definition) is 3. The van der Waals surface area contributed by atoms with Crippen molar-refractivity contribution in [3.8, 4) is 0 Å². The van der Waals surface area contributed by atoms with Crippen LogP contribution in [0, 0.1) is 0 Å². The number of alkyl carbamates (subject to hydrolysis) is 1. The van der Waals surface area contributed by atoms with E-state index in [2.05, 4.69) is 10.6 Å². The second-order valence-corrected chi connectivity index (χ2v) is 4.21. The maximum absolute atomic E-state index is 10.5. The smallest absolute Gasteiger partial charge is 0.407 e. The van der Waals surface area contributed by atoms with Crippen LogP contribution in [-0.2, 0) is 4.74 Å². The van der Waals surface area contributed by atoms with E-state index in [1.54, 1.807) is 0 Å². The summed E-state index contributed by atoms with van der Waals surface area (Å²) in [5, 5.41) is 5.58. The molecule has 1 rings (SSSR count). The molecule has 0 aromatic heterocycles. The lowest BCUT2D eigenvalue weighted by Gasteiger charge is -2.18. The Bertz CT molecular complexity index is 152. The Morgan fingerprint density at radius 2 is 1.79 bits per heavy atom. The Balaban J connectivity index is 0.000000280. The first-order chi connectivity index (χ1) is 6.45. The lowest BCUT2D eigenvalue weighted by molar-refractivity contribution is 0.0541. The third-order valence-corrected chi connectivity index (χ3v) is 1.56. The number of nitrogens with one attached hydrogen (secondary N) is 2. The van der Waals surface area contributed by atoms with Gasteiger partial charge in [-0.15, -0.1) is 0 Å². The minimum atomic E-state index is -0.389. The first-order valence-electron chi connectivity index (χ1n) is 5.07. The molecular weight excluding hydrogens is 180 g/mol. The van der Waals surface area contributed by atoms with Crippen molar-refractivity contribution in [2.45, 2.75) is 39.2 Å². The van der Waals surface area contributed by atoms with Gasteiger partial charge in [-0.25, -0.2) is 4.79 Å². The Morgan fingerprint density at radius 3 is 1.93 bits per heavy atom. The van der Waals surface area contributed by atoms with Crippen LogP contribution in [-0.4, -0.2) is 31.8 Å². The molecule has 0 radical (unpaired) electrons. The Kier molecular flexibility index (Phi) is 6.28. The fourth-order valence-electron chi connectivity index (χ4n) is 0.954. The molecule has 1 heterocycles. The minimum absolute atomic E-state index is 0.387. The van der Waals surface area contributed by atoms with Crippen molar-refractivity contribution in [2.75, 3.05) is 20.1 Å². The molecule has 0 aromatic rings. The predicted molar refractivity (Wildman–Crippen MR) is 57.4 cm³/mol. The summed E-state index contributed by atoms with van der Waals surface area (Å²) in [6.45, 7) is 7.97. The molecule has 0 bridgehead atoms. The fraction of sp³-hybridized carbons (Fsp3) is 0.900. The lowest BCUT2D eigenvalue weighted by atomic mass is 10.2. The molecule has 1 amide bonds. The van der Waals surface area contributed by atoms with Crippen LogP contribution >= 0.6 is 0 Å². The van der Waals surface area contributed by atoms with Gasteiger partial charge in [0.15, 0.2) is 0 Å². The van der Waals surface area contributed by atoms with Gasteiger partial charge in [0.25, 0.3) is 0 Å². The van der Waals surface area contributed by atoms with Crippen LogP contribution in [0.1, 0.15) is 33.6 Å². The Hall–Kier alpha value is -0.770. The summed E-state index contributed by atoms with van der Waals surface area (Å²) in [7, 11) is 1.54. The van der Waals surface area contributed by atoms with E-state index >= 15 is 0 Å². The summed E-state index contributed by atoms with van der Waals surface area (Å²) < 4.78 is 4.84. The number of carbonyl (C=O) groups is 1. The van der Waals surface area contributed by atoms with Crippen molar-refractivity contribution < 1.29 is 9.53 Å². The molecule has 84 valence electrons. The summed E-state index contributed by atoms with van der Waals surface area (Å²) in [6, 6.07) is 0. The molecule has 1 aliphatic rings. The third-order valence-electron chi connectivity index (χ3n) is 1.56. The summed E-state index contributed by atoms with van der Waals surface area (Å²) in [5.74, 6) is 0. The van der Waals surface area contributed by atoms with Crippen LogP contribution in [0.25, 0.3) is 0 Å². The van der Waals surface area contributed by atoms with Crippen molar-refractivity contribution in [3.63, 3.8) is 0 Å². The molecular formula is C10H22N2O2. The topological polar surface area (TPSA) is 50.4 Å². The zero-order chi connectivity index (χ0) is 11.0. The van der Waals surface area contributed by atoms with Crippen LogP contribution in [0.4, 0.5) is 4.79 Å². The van der Waals surface area contributed by atoms with Gasteiger partial charge in [0.05, 0.1) is 0 Å². The molecule has 2 N–H and O–H groups in total. The van der Waals surface area contributed by atoms with Crippen molar-refractivity contribution in [3.05, 3.63) is 0 Å². The van der Waals surface area contributed by atoms with Crippen LogP contribution in [0.15, 0.2) is 0 Å². The molecule has 1 fully saturated rings. The van der Waals surface area contributed by atoms with Crippen LogP contribution < -0.4 is 10.6 Å². The maximum Gasteiger partial charge on any atom is 0.407 e. The van der Waals surface area contributed by atoms with E-state index in [0.717, 1.165) is 0 Å². The van der Waals surface area contributed by atoms with Gasteiger partial charge < -0.3 is 15.4 Å². The summed E-state index contributed by atoms with van der Waals surface area (Å²) >= 11 is 0. The van der Waals surface area contributed by atoms with Crippen molar-refractivity contribution in [1.82, 2.24) is 10.6 Å². The number of ether oxygens (including phenoxy) is 1. The van der Waals surface area contributed by atoms with Gasteiger partial charge in [0.1, 0.15) is 5.60 Å². The standard InChI is InChI=1S/C6H13NO2.C4H9N/c1-6(2,3)9-5(8)7-4;1-2-4-5-3-1/h1-4H3,(H,7,8);5H,1-4H2. The van der Waals surface area contributed by atoms with E-state index in [0.29, 0.717) is 0 Å². The average Bonchev–Trinajstić information content (AvgIpc) is 2.57. The first-order valence-corrected chi connectivity index (χ1v) is 5.07. The lowest BCUT2D eigenvalue weighted by Crippen LogP contribution is -2.30. The van der Waals surface area contributed by atoms with Gasteiger partial charge in [-0.3, -0.25) is 0 Å². The fourth-order valence-corrected chi connectivity index (χ4v) is 0.954. The summed E-state index contributed by atoms with van der Waals surface area (Å²) in [6.07, 6.45) is 2.39. The van der Waals surface area contributed by atoms with Crippen molar-refractivity contribution in [2.24, 2.45) is 0 Å². The molecule has 0 unspecified atom stereocenters. The van der Waals surface area contributed by atoms with E-state index in [9.17, 15) is 4.79 Å². The van der Waals surface area contributed by atoms with Crippen LogP contribution in [0.3, 0.4) is 0 Å². The second-order valence-electron chi connectivity index (χ2n) is 4.21. The Labute approximate surface area is 86.4 Å². The molecule has 4 nitrogen and oxygen atoms in total. The normalized spacial score (nSPS) is 15.4.